The van der Waals surface area contributed by atoms with Crippen LogP contribution in [0.3, 0.4) is 0 Å². The maximum atomic E-state index is 14.2. The fourth-order valence-corrected chi connectivity index (χ4v) is 4.86. The first-order valence-corrected chi connectivity index (χ1v) is 12.3. The Hall–Kier alpha value is -2.75. The van der Waals surface area contributed by atoms with Crippen molar-refractivity contribution in [1.29, 1.82) is 5.41 Å². The molecule has 0 saturated carbocycles. The number of aliphatic hydroxyl groups excluding tert-OH is 1. The lowest BCUT2D eigenvalue weighted by atomic mass is 9.93. The van der Waals surface area contributed by atoms with E-state index < -0.39 is 5.82 Å². The van der Waals surface area contributed by atoms with E-state index in [1.54, 1.807) is 6.20 Å². The number of carbonyl (C=O) groups excluding carboxylic acids is 1. The third-order valence-corrected chi connectivity index (χ3v) is 6.62. The predicted molar refractivity (Wildman–Crippen MR) is 134 cm³/mol. The number of rotatable bonds is 7. The first kappa shape index (κ1) is 25.3. The van der Waals surface area contributed by atoms with Gasteiger partial charge in [0.25, 0.3) is 5.91 Å². The summed E-state index contributed by atoms with van der Waals surface area (Å²) in [6.45, 7) is 2.59. The highest BCUT2D eigenvalue weighted by atomic mass is 35.5. The topological polar surface area (TPSA) is 110 Å². The van der Waals surface area contributed by atoms with E-state index in [-0.39, 0.29) is 60.8 Å². The minimum Gasteiger partial charge on any atom is -0.489 e. The average Bonchev–Trinajstić information content (AvgIpc) is 3.21. The number of hydrogen-bond acceptors (Lipinski definition) is 7. The maximum Gasteiger partial charge on any atom is 0.258 e. The average molecular weight is 504 g/mol. The summed E-state index contributed by atoms with van der Waals surface area (Å²) in [7, 11) is 0. The largest absolute Gasteiger partial charge is 0.489 e. The molecule has 35 heavy (non-hydrogen) atoms. The molecule has 2 fully saturated rings. The van der Waals surface area contributed by atoms with Crippen LogP contribution in [-0.4, -0.2) is 65.7 Å². The zero-order chi connectivity index (χ0) is 24.9. The number of amides is 1. The van der Waals surface area contributed by atoms with E-state index in [0.717, 1.165) is 32.1 Å². The Balaban J connectivity index is 1.49. The number of ether oxygens (including phenoxy) is 1. The van der Waals surface area contributed by atoms with Crippen molar-refractivity contribution in [2.24, 2.45) is 4.99 Å². The molecule has 0 aromatic heterocycles. The number of aliphatic imine (C=N–C) groups is 1. The lowest BCUT2D eigenvalue weighted by Gasteiger charge is -2.35. The zero-order valence-electron chi connectivity index (χ0n) is 19.7. The monoisotopic (exact) mass is 503 g/mol. The number of nitrogens with zero attached hydrogens (tertiary/aromatic N) is 2. The number of likely N-dealkylation sites (tertiary alicyclic amines) is 1. The van der Waals surface area contributed by atoms with Crippen LogP contribution in [-0.2, 0) is 0 Å². The van der Waals surface area contributed by atoms with Gasteiger partial charge in [0, 0.05) is 42.7 Å². The summed E-state index contributed by atoms with van der Waals surface area (Å²) in [5.74, 6) is -0.0878. The molecule has 10 heteroatoms. The lowest BCUT2D eigenvalue weighted by molar-refractivity contribution is 0.0785. The van der Waals surface area contributed by atoms with Crippen LogP contribution in [0.25, 0.3) is 0 Å². The maximum absolute atomic E-state index is 14.2. The Kier molecular flexibility index (Phi) is 8.20. The molecule has 0 bridgehead atoms. The van der Waals surface area contributed by atoms with E-state index in [0.29, 0.717) is 16.4 Å². The molecule has 0 aliphatic carbocycles. The third-order valence-electron chi connectivity index (χ3n) is 6.41. The summed E-state index contributed by atoms with van der Waals surface area (Å²) in [5.41, 5.74) is 1.17. The quantitative estimate of drug-likeness (QED) is 0.427. The minimum absolute atomic E-state index is 0.125. The van der Waals surface area contributed by atoms with Gasteiger partial charge in [-0.05, 0) is 51.2 Å². The number of benzene rings is 1. The van der Waals surface area contributed by atoms with Gasteiger partial charge >= 0.3 is 0 Å². The Bertz CT molecular complexity index is 1070. The first-order chi connectivity index (χ1) is 16.8. The highest BCUT2D eigenvalue weighted by Crippen LogP contribution is 2.29. The highest BCUT2D eigenvalue weighted by Gasteiger charge is 2.33. The molecule has 4 N–H and O–H groups in total. The molecule has 0 spiro atoms. The summed E-state index contributed by atoms with van der Waals surface area (Å²) in [5, 5.41) is 24.4. The highest BCUT2D eigenvalue weighted by molar-refractivity contribution is 6.39. The SMILES string of the molecule is CC1CC(Oc2cc(F)ccc2C(=O)N2CC(=N)/C(=C3/N=CC(Cl)=CN3)C2)CC(CCCCO)N1. The van der Waals surface area contributed by atoms with Gasteiger partial charge in [-0.2, -0.15) is 0 Å². The van der Waals surface area contributed by atoms with Crippen LogP contribution in [0, 0.1) is 11.2 Å². The fourth-order valence-electron chi connectivity index (χ4n) is 4.76. The van der Waals surface area contributed by atoms with Gasteiger partial charge in [-0.3, -0.25) is 4.79 Å². The summed E-state index contributed by atoms with van der Waals surface area (Å²) < 4.78 is 20.4. The smallest absolute Gasteiger partial charge is 0.258 e. The van der Waals surface area contributed by atoms with Gasteiger partial charge in [0.15, 0.2) is 0 Å². The number of halogens is 2. The predicted octanol–water partition coefficient (Wildman–Crippen LogP) is 3.32. The van der Waals surface area contributed by atoms with Crippen molar-refractivity contribution in [2.75, 3.05) is 19.7 Å². The number of unbranched alkanes of at least 4 members (excludes halogenated alkanes) is 1. The molecular weight excluding hydrogens is 473 g/mol. The van der Waals surface area contributed by atoms with Gasteiger partial charge in [0.2, 0.25) is 0 Å². The van der Waals surface area contributed by atoms with Crippen molar-refractivity contribution in [2.45, 2.75) is 57.2 Å². The number of carbonyl (C=O) groups is 1. The summed E-state index contributed by atoms with van der Waals surface area (Å²) in [6.07, 6.45) is 6.98. The first-order valence-electron chi connectivity index (χ1n) is 11.9. The second-order valence-corrected chi connectivity index (χ2v) is 9.67. The summed E-state index contributed by atoms with van der Waals surface area (Å²) >= 11 is 5.89. The summed E-state index contributed by atoms with van der Waals surface area (Å²) in [6, 6.07) is 4.43. The van der Waals surface area contributed by atoms with Crippen LogP contribution in [0.1, 0.15) is 49.4 Å². The van der Waals surface area contributed by atoms with Crippen LogP contribution in [0.2, 0.25) is 0 Å². The van der Waals surface area contributed by atoms with E-state index in [1.165, 1.54) is 29.3 Å². The van der Waals surface area contributed by atoms with Gasteiger partial charge in [0.1, 0.15) is 23.5 Å². The van der Waals surface area contributed by atoms with E-state index in [4.69, 9.17) is 26.9 Å². The van der Waals surface area contributed by atoms with Gasteiger partial charge < -0.3 is 30.8 Å². The molecule has 8 nitrogen and oxygen atoms in total. The van der Waals surface area contributed by atoms with Crippen molar-refractivity contribution in [1.82, 2.24) is 15.5 Å². The number of piperidine rings is 1. The van der Waals surface area contributed by atoms with Crippen LogP contribution < -0.4 is 15.4 Å². The molecule has 1 aromatic rings. The van der Waals surface area contributed by atoms with Crippen LogP contribution in [0.4, 0.5) is 4.39 Å². The van der Waals surface area contributed by atoms with Gasteiger partial charge in [-0.25, -0.2) is 9.38 Å². The van der Waals surface area contributed by atoms with Crippen molar-refractivity contribution in [3.8, 4) is 5.75 Å². The molecule has 3 heterocycles. The fraction of sp³-hybridized carbons (Fsp3) is 0.480. The molecule has 188 valence electrons. The Labute approximate surface area is 209 Å². The Morgan fingerprint density at radius 2 is 2.17 bits per heavy atom. The number of allylic oxidation sites excluding steroid dienone is 1. The molecule has 2 saturated heterocycles. The Morgan fingerprint density at radius 3 is 2.91 bits per heavy atom. The molecule has 1 aromatic carbocycles. The van der Waals surface area contributed by atoms with E-state index >= 15 is 0 Å². The van der Waals surface area contributed by atoms with Crippen LogP contribution >= 0.6 is 11.6 Å². The molecule has 3 aliphatic heterocycles. The van der Waals surface area contributed by atoms with Crippen LogP contribution in [0.5, 0.6) is 5.75 Å². The molecule has 1 amide bonds. The number of hydrogen-bond donors (Lipinski definition) is 4. The summed E-state index contributed by atoms with van der Waals surface area (Å²) in [4.78, 5) is 19.2. The second-order valence-electron chi connectivity index (χ2n) is 9.23. The standard InChI is InChI=1S/C25H31ClFN5O3/c1-15-8-19(10-18(31-15)4-2-3-7-33)35-23-9-17(27)5-6-20(23)25(34)32-13-21(22(28)14-32)24-29-11-16(26)12-30-24/h5-6,9,11-12,15,18-19,28-29,31,33H,2-4,7-8,10,13-14H2,1H3/b24-21+,28-22?. The van der Waals surface area contributed by atoms with Gasteiger partial charge in [-0.15, -0.1) is 0 Å². The van der Waals surface area contributed by atoms with E-state index in [2.05, 4.69) is 22.5 Å². The van der Waals surface area contributed by atoms with Crippen LogP contribution in [0.15, 0.2) is 45.8 Å². The second kappa shape index (κ2) is 11.3. The molecule has 4 rings (SSSR count). The van der Waals surface area contributed by atoms with Gasteiger partial charge in [0.05, 0.1) is 29.4 Å². The van der Waals surface area contributed by atoms with Crippen molar-refractivity contribution >= 4 is 29.4 Å². The molecule has 3 aliphatic rings. The zero-order valence-corrected chi connectivity index (χ0v) is 20.4. The van der Waals surface area contributed by atoms with Crippen molar-refractivity contribution in [3.63, 3.8) is 0 Å². The van der Waals surface area contributed by atoms with Gasteiger partial charge in [-0.1, -0.05) is 11.6 Å². The normalized spacial score (nSPS) is 26.5. The third kappa shape index (κ3) is 6.28. The number of nitrogens with one attached hydrogen (secondary N) is 3. The van der Waals surface area contributed by atoms with Crippen molar-refractivity contribution in [3.05, 3.63) is 52.2 Å². The van der Waals surface area contributed by atoms with E-state index in [9.17, 15) is 9.18 Å². The number of aliphatic hydroxyl groups is 1. The molecular formula is C25H31ClFN5O3. The lowest BCUT2D eigenvalue weighted by Crippen LogP contribution is -2.47. The molecule has 3 atom stereocenters. The minimum atomic E-state index is -0.473. The van der Waals surface area contributed by atoms with Crippen molar-refractivity contribution < 1.29 is 19.0 Å². The Morgan fingerprint density at radius 1 is 1.34 bits per heavy atom. The van der Waals surface area contributed by atoms with E-state index in [1.807, 2.05) is 0 Å². The molecule has 3 unspecified atom stereocenters. The molecule has 0 radical (unpaired) electrons.